The van der Waals surface area contributed by atoms with Crippen LogP contribution in [-0.2, 0) is 9.53 Å². The van der Waals surface area contributed by atoms with E-state index in [-0.39, 0.29) is 11.8 Å². The molecule has 1 amide bonds. The van der Waals surface area contributed by atoms with Crippen LogP contribution >= 0.6 is 11.6 Å². The highest BCUT2D eigenvalue weighted by molar-refractivity contribution is 6.33. The molecule has 108 valence electrons. The van der Waals surface area contributed by atoms with Gasteiger partial charge in [-0.05, 0) is 12.5 Å². The maximum atomic E-state index is 12.3. The van der Waals surface area contributed by atoms with Crippen LogP contribution in [0.25, 0.3) is 0 Å². The van der Waals surface area contributed by atoms with Gasteiger partial charge in [0.25, 0.3) is 0 Å². The normalized spacial score (nSPS) is 23.1. The van der Waals surface area contributed by atoms with Crippen LogP contribution in [0.3, 0.4) is 0 Å². The topological polar surface area (TPSA) is 45.7 Å². The molecule has 1 atom stereocenters. The SMILES string of the molecule is O=C(C1CCOC1)N1CCN(c2ccncc2Cl)CC1. The quantitative estimate of drug-likeness (QED) is 0.828. The molecule has 3 rings (SSSR count). The molecule has 0 spiro atoms. The lowest BCUT2D eigenvalue weighted by atomic mass is 10.1. The minimum atomic E-state index is 0.0612. The van der Waals surface area contributed by atoms with Crippen molar-refractivity contribution in [2.45, 2.75) is 6.42 Å². The lowest BCUT2D eigenvalue weighted by molar-refractivity contribution is -0.135. The molecule has 0 bridgehead atoms. The maximum absolute atomic E-state index is 12.3. The summed E-state index contributed by atoms with van der Waals surface area (Å²) in [6.07, 6.45) is 4.26. The molecule has 20 heavy (non-hydrogen) atoms. The summed E-state index contributed by atoms with van der Waals surface area (Å²) in [7, 11) is 0. The van der Waals surface area contributed by atoms with Gasteiger partial charge in [0.2, 0.25) is 5.91 Å². The van der Waals surface area contributed by atoms with Crippen molar-refractivity contribution < 1.29 is 9.53 Å². The number of halogens is 1. The number of pyridine rings is 1. The molecule has 5 nitrogen and oxygen atoms in total. The predicted molar refractivity (Wildman–Crippen MR) is 77.0 cm³/mol. The zero-order chi connectivity index (χ0) is 13.9. The van der Waals surface area contributed by atoms with E-state index in [0.717, 1.165) is 38.3 Å². The van der Waals surface area contributed by atoms with E-state index >= 15 is 0 Å². The number of carbonyl (C=O) groups excluding carboxylic acids is 1. The van der Waals surface area contributed by atoms with Crippen LogP contribution in [0.2, 0.25) is 5.02 Å². The molecule has 0 aromatic carbocycles. The lowest BCUT2D eigenvalue weighted by Gasteiger charge is -2.37. The second-order valence-electron chi connectivity index (χ2n) is 5.20. The largest absolute Gasteiger partial charge is 0.381 e. The number of aromatic nitrogens is 1. The summed E-state index contributed by atoms with van der Waals surface area (Å²) in [6, 6.07) is 1.92. The summed E-state index contributed by atoms with van der Waals surface area (Å²) < 4.78 is 5.29. The highest BCUT2D eigenvalue weighted by atomic mass is 35.5. The summed E-state index contributed by atoms with van der Waals surface area (Å²) >= 11 is 6.16. The van der Waals surface area contributed by atoms with Crippen LogP contribution in [0, 0.1) is 5.92 Å². The van der Waals surface area contributed by atoms with Crippen LogP contribution in [0.5, 0.6) is 0 Å². The average Bonchev–Trinajstić information content (AvgIpc) is 3.01. The first kappa shape index (κ1) is 13.6. The Morgan fingerprint density at radius 2 is 2.15 bits per heavy atom. The monoisotopic (exact) mass is 295 g/mol. The summed E-state index contributed by atoms with van der Waals surface area (Å²) in [5.74, 6) is 0.300. The second kappa shape index (κ2) is 5.97. The molecule has 1 unspecified atom stereocenters. The Morgan fingerprint density at radius 3 is 2.80 bits per heavy atom. The lowest BCUT2D eigenvalue weighted by Crippen LogP contribution is -2.50. The first-order valence-corrected chi connectivity index (χ1v) is 7.34. The minimum Gasteiger partial charge on any atom is -0.381 e. The maximum Gasteiger partial charge on any atom is 0.228 e. The van der Waals surface area contributed by atoms with Crippen LogP contribution in [0.15, 0.2) is 18.5 Å². The summed E-state index contributed by atoms with van der Waals surface area (Å²) in [5, 5.41) is 0.663. The van der Waals surface area contributed by atoms with Crippen LogP contribution < -0.4 is 4.90 Å². The van der Waals surface area contributed by atoms with Gasteiger partial charge in [0, 0.05) is 45.2 Å². The highest BCUT2D eigenvalue weighted by Crippen LogP contribution is 2.25. The molecule has 1 aromatic rings. The van der Waals surface area contributed by atoms with E-state index in [1.807, 2.05) is 11.0 Å². The number of piperazine rings is 1. The Bertz CT molecular complexity index is 483. The number of nitrogens with zero attached hydrogens (tertiary/aromatic N) is 3. The second-order valence-corrected chi connectivity index (χ2v) is 5.61. The minimum absolute atomic E-state index is 0.0612. The molecule has 2 saturated heterocycles. The van der Waals surface area contributed by atoms with Gasteiger partial charge in [-0.25, -0.2) is 0 Å². The fourth-order valence-corrected chi connectivity index (χ4v) is 3.02. The Labute approximate surface area is 123 Å². The van der Waals surface area contributed by atoms with Gasteiger partial charge in [-0.15, -0.1) is 0 Å². The molecular weight excluding hydrogens is 278 g/mol. The van der Waals surface area contributed by atoms with E-state index < -0.39 is 0 Å². The number of carbonyl (C=O) groups is 1. The van der Waals surface area contributed by atoms with Gasteiger partial charge in [0.05, 0.1) is 23.2 Å². The zero-order valence-corrected chi connectivity index (χ0v) is 12.1. The van der Waals surface area contributed by atoms with E-state index in [1.54, 1.807) is 12.4 Å². The predicted octanol–water partition coefficient (Wildman–Crippen LogP) is 1.42. The number of ether oxygens (including phenoxy) is 1. The smallest absolute Gasteiger partial charge is 0.228 e. The van der Waals surface area contributed by atoms with E-state index in [1.165, 1.54) is 0 Å². The molecule has 0 N–H and O–H groups in total. The fourth-order valence-electron chi connectivity index (χ4n) is 2.78. The third-order valence-electron chi connectivity index (χ3n) is 3.96. The first-order chi connectivity index (χ1) is 9.75. The van der Waals surface area contributed by atoms with Gasteiger partial charge < -0.3 is 14.5 Å². The van der Waals surface area contributed by atoms with Gasteiger partial charge in [0.15, 0.2) is 0 Å². The third kappa shape index (κ3) is 2.74. The van der Waals surface area contributed by atoms with Gasteiger partial charge in [-0.3, -0.25) is 9.78 Å². The van der Waals surface area contributed by atoms with Crippen molar-refractivity contribution in [1.82, 2.24) is 9.88 Å². The Hall–Kier alpha value is -1.33. The van der Waals surface area contributed by atoms with E-state index in [2.05, 4.69) is 9.88 Å². The number of rotatable bonds is 2. The molecule has 0 saturated carbocycles. The van der Waals surface area contributed by atoms with Crippen LogP contribution in [-0.4, -0.2) is 55.2 Å². The van der Waals surface area contributed by atoms with Crippen molar-refractivity contribution in [3.63, 3.8) is 0 Å². The number of anilines is 1. The first-order valence-electron chi connectivity index (χ1n) is 6.96. The molecule has 0 radical (unpaired) electrons. The molecule has 3 heterocycles. The Morgan fingerprint density at radius 1 is 1.35 bits per heavy atom. The van der Waals surface area contributed by atoms with Crippen molar-refractivity contribution in [1.29, 1.82) is 0 Å². The van der Waals surface area contributed by atoms with Gasteiger partial charge in [-0.1, -0.05) is 11.6 Å². The van der Waals surface area contributed by atoms with Crippen molar-refractivity contribution in [3.05, 3.63) is 23.5 Å². The number of hydrogen-bond acceptors (Lipinski definition) is 4. The molecule has 2 aliphatic heterocycles. The molecule has 2 aliphatic rings. The standard InChI is InChI=1S/C14H18ClN3O2/c15-12-9-16-3-1-13(12)17-4-6-18(7-5-17)14(19)11-2-8-20-10-11/h1,3,9,11H,2,4-8,10H2. The van der Waals surface area contributed by atoms with Crippen LogP contribution in [0.1, 0.15) is 6.42 Å². The molecule has 1 aromatic heterocycles. The van der Waals surface area contributed by atoms with Gasteiger partial charge in [0.1, 0.15) is 0 Å². The van der Waals surface area contributed by atoms with Gasteiger partial charge in [-0.2, -0.15) is 0 Å². The van der Waals surface area contributed by atoms with Crippen molar-refractivity contribution in [3.8, 4) is 0 Å². The fraction of sp³-hybridized carbons (Fsp3) is 0.571. The average molecular weight is 296 g/mol. The van der Waals surface area contributed by atoms with E-state index in [4.69, 9.17) is 16.3 Å². The van der Waals surface area contributed by atoms with Gasteiger partial charge >= 0.3 is 0 Å². The third-order valence-corrected chi connectivity index (χ3v) is 4.25. The van der Waals surface area contributed by atoms with Crippen LogP contribution in [0.4, 0.5) is 5.69 Å². The number of amides is 1. The van der Waals surface area contributed by atoms with Crippen molar-refractivity contribution in [2.75, 3.05) is 44.3 Å². The van der Waals surface area contributed by atoms with Crippen molar-refractivity contribution >= 4 is 23.2 Å². The number of hydrogen-bond donors (Lipinski definition) is 0. The Balaban J connectivity index is 1.59. The highest BCUT2D eigenvalue weighted by Gasteiger charge is 2.30. The summed E-state index contributed by atoms with van der Waals surface area (Å²) in [5.41, 5.74) is 0.998. The Kier molecular flexibility index (Phi) is 4.08. The zero-order valence-electron chi connectivity index (χ0n) is 11.3. The van der Waals surface area contributed by atoms with Crippen molar-refractivity contribution in [2.24, 2.45) is 5.92 Å². The summed E-state index contributed by atoms with van der Waals surface area (Å²) in [4.78, 5) is 20.5. The molecule has 0 aliphatic carbocycles. The van der Waals surface area contributed by atoms with E-state index in [9.17, 15) is 4.79 Å². The van der Waals surface area contributed by atoms with E-state index in [0.29, 0.717) is 18.2 Å². The summed E-state index contributed by atoms with van der Waals surface area (Å²) in [6.45, 7) is 4.40. The molecular formula is C14H18ClN3O2. The molecule has 6 heteroatoms. The molecule has 2 fully saturated rings.